The molecule has 3 aliphatic rings. The Morgan fingerprint density at radius 2 is 1.97 bits per heavy atom. The number of pyridine rings is 1. The number of rotatable bonds is 5. The number of aromatic nitrogens is 2. The van der Waals surface area contributed by atoms with Gasteiger partial charge in [-0.2, -0.15) is 5.26 Å². The molecule has 0 radical (unpaired) electrons. The second-order valence-corrected chi connectivity index (χ2v) is 13.1. The third-order valence-electron chi connectivity index (χ3n) is 8.74. The second-order valence-electron chi connectivity index (χ2n) is 11.5. The predicted molar refractivity (Wildman–Crippen MR) is 147 cm³/mol. The average Bonchev–Trinajstić information content (AvgIpc) is 3.45. The van der Waals surface area contributed by atoms with Gasteiger partial charge in [0.1, 0.15) is 0 Å². The molecule has 5 heterocycles. The minimum Gasteiger partial charge on any atom is -0.345 e. The molecule has 0 spiro atoms. The van der Waals surface area contributed by atoms with Gasteiger partial charge in [0.25, 0.3) is 0 Å². The molecule has 1 aliphatic carbocycles. The number of carbonyl (C=O) groups is 2. The first-order chi connectivity index (χ1) is 18.2. The van der Waals surface area contributed by atoms with E-state index in [1.165, 1.54) is 4.90 Å². The first-order valence-corrected chi connectivity index (χ1v) is 14.1. The van der Waals surface area contributed by atoms with Crippen LogP contribution in [0.25, 0.3) is 32.2 Å². The van der Waals surface area contributed by atoms with Crippen LogP contribution in [0.5, 0.6) is 0 Å². The number of nitrogens with one attached hydrogen (secondary N) is 1. The standard InChI is InChI=1S/C29H26ClN5O2S/c1-28(2)22-23(28)27(37)35(26(22)36)12-18-11-21-25(38-18)19(3-6-33-21)20-10-17(30)9-16-4-8-34(24(16)20)15-29(13-31)5-7-32-14-29/h3-4,6,8-11,22-23,32H,5,7,12,14-15H2,1-2H3. The lowest BCUT2D eigenvalue weighted by Crippen LogP contribution is -2.35. The molecule has 3 unspecified atom stereocenters. The van der Waals surface area contributed by atoms with E-state index in [4.69, 9.17) is 11.6 Å². The van der Waals surface area contributed by atoms with Crippen LogP contribution in [0, 0.1) is 34.0 Å². The van der Waals surface area contributed by atoms with Crippen molar-refractivity contribution in [1.29, 1.82) is 5.26 Å². The summed E-state index contributed by atoms with van der Waals surface area (Å²) < 4.78 is 3.16. The highest BCUT2D eigenvalue weighted by atomic mass is 35.5. The number of imide groups is 1. The van der Waals surface area contributed by atoms with Gasteiger partial charge in [0.15, 0.2) is 0 Å². The van der Waals surface area contributed by atoms with Crippen molar-refractivity contribution in [2.75, 3.05) is 13.1 Å². The van der Waals surface area contributed by atoms with E-state index in [-0.39, 0.29) is 35.6 Å². The highest BCUT2D eigenvalue weighted by molar-refractivity contribution is 7.19. The Morgan fingerprint density at radius 1 is 1.18 bits per heavy atom. The molecule has 38 heavy (non-hydrogen) atoms. The number of nitriles is 1. The number of halogens is 1. The van der Waals surface area contributed by atoms with Gasteiger partial charge in [0.05, 0.1) is 45.6 Å². The molecule has 192 valence electrons. The number of benzene rings is 1. The van der Waals surface area contributed by atoms with Gasteiger partial charge in [-0.05, 0) is 48.7 Å². The minimum absolute atomic E-state index is 0.0576. The summed E-state index contributed by atoms with van der Waals surface area (Å²) >= 11 is 8.15. The van der Waals surface area contributed by atoms with Gasteiger partial charge in [-0.1, -0.05) is 25.4 Å². The maximum atomic E-state index is 12.9. The van der Waals surface area contributed by atoms with E-state index >= 15 is 0 Å². The van der Waals surface area contributed by atoms with Gasteiger partial charge in [0, 0.05) is 51.9 Å². The molecule has 9 heteroatoms. The van der Waals surface area contributed by atoms with Crippen molar-refractivity contribution in [3.8, 4) is 17.2 Å². The second kappa shape index (κ2) is 8.12. The quantitative estimate of drug-likeness (QED) is 0.349. The molecule has 3 fully saturated rings. The average molecular weight is 544 g/mol. The Labute approximate surface area is 229 Å². The zero-order valence-corrected chi connectivity index (χ0v) is 22.7. The molecular weight excluding hydrogens is 518 g/mol. The highest BCUT2D eigenvalue weighted by Gasteiger charge is 2.72. The number of hydrogen-bond acceptors (Lipinski definition) is 6. The van der Waals surface area contributed by atoms with Crippen LogP contribution in [0.15, 0.2) is 42.7 Å². The molecule has 1 aromatic carbocycles. The van der Waals surface area contributed by atoms with Crippen LogP contribution in [0.2, 0.25) is 5.02 Å². The van der Waals surface area contributed by atoms with Gasteiger partial charge < -0.3 is 9.88 Å². The third-order valence-corrected chi connectivity index (χ3v) is 10.1. The minimum atomic E-state index is -0.448. The van der Waals surface area contributed by atoms with Gasteiger partial charge >= 0.3 is 0 Å². The van der Waals surface area contributed by atoms with E-state index < -0.39 is 5.41 Å². The molecule has 7 nitrogen and oxygen atoms in total. The number of nitrogens with zero attached hydrogens (tertiary/aromatic N) is 4. The summed E-state index contributed by atoms with van der Waals surface area (Å²) in [5.74, 6) is -0.481. The van der Waals surface area contributed by atoms with Gasteiger partial charge in [-0.3, -0.25) is 19.5 Å². The molecule has 2 amide bonds. The van der Waals surface area contributed by atoms with Gasteiger partial charge in [-0.25, -0.2) is 0 Å². The fourth-order valence-electron chi connectivity index (χ4n) is 6.58. The Morgan fingerprint density at radius 3 is 2.68 bits per heavy atom. The van der Waals surface area contributed by atoms with Crippen LogP contribution >= 0.6 is 22.9 Å². The van der Waals surface area contributed by atoms with E-state index in [2.05, 4.69) is 20.9 Å². The first-order valence-electron chi connectivity index (χ1n) is 12.9. The zero-order valence-electron chi connectivity index (χ0n) is 21.1. The molecule has 7 rings (SSSR count). The highest BCUT2D eigenvalue weighted by Crippen LogP contribution is 2.63. The van der Waals surface area contributed by atoms with Crippen molar-refractivity contribution in [2.45, 2.75) is 33.4 Å². The fraction of sp³-hybridized carbons (Fsp3) is 0.379. The summed E-state index contributed by atoms with van der Waals surface area (Å²) in [6.07, 6.45) is 4.64. The lowest BCUT2D eigenvalue weighted by Gasteiger charge is -2.21. The Bertz CT molecular complexity index is 1680. The van der Waals surface area contributed by atoms with Crippen LogP contribution in [-0.4, -0.2) is 39.4 Å². The monoisotopic (exact) mass is 543 g/mol. The van der Waals surface area contributed by atoms with Crippen LogP contribution in [0.3, 0.4) is 0 Å². The molecule has 0 bridgehead atoms. The molecule has 3 aromatic heterocycles. The maximum absolute atomic E-state index is 12.9. The molecule has 2 saturated heterocycles. The first kappa shape index (κ1) is 23.8. The molecule has 1 N–H and O–H groups in total. The predicted octanol–water partition coefficient (Wildman–Crippen LogP) is 5.22. The van der Waals surface area contributed by atoms with E-state index in [0.717, 1.165) is 50.1 Å². The lowest BCUT2D eigenvalue weighted by atomic mass is 9.89. The van der Waals surface area contributed by atoms with Crippen molar-refractivity contribution in [3.63, 3.8) is 0 Å². The van der Waals surface area contributed by atoms with Crippen molar-refractivity contribution in [1.82, 2.24) is 19.8 Å². The molecular formula is C29H26ClN5O2S. The summed E-state index contributed by atoms with van der Waals surface area (Å²) in [7, 11) is 0. The summed E-state index contributed by atoms with van der Waals surface area (Å²) in [5, 5.41) is 15.0. The summed E-state index contributed by atoms with van der Waals surface area (Å²) in [6, 6.07) is 12.5. The summed E-state index contributed by atoms with van der Waals surface area (Å²) in [6.45, 7) is 6.38. The molecule has 1 saturated carbocycles. The van der Waals surface area contributed by atoms with Crippen LogP contribution < -0.4 is 5.32 Å². The molecule has 3 atom stereocenters. The smallest absolute Gasteiger partial charge is 0.234 e. The normalized spacial score (nSPS) is 25.9. The van der Waals surface area contributed by atoms with Gasteiger partial charge in [0.2, 0.25) is 11.8 Å². The Hall–Kier alpha value is -3.25. The van der Waals surface area contributed by atoms with Crippen molar-refractivity contribution in [3.05, 3.63) is 52.6 Å². The van der Waals surface area contributed by atoms with Crippen molar-refractivity contribution < 1.29 is 9.59 Å². The number of thiophene rings is 1. The summed E-state index contributed by atoms with van der Waals surface area (Å²) in [4.78, 5) is 32.8. The third kappa shape index (κ3) is 3.39. The number of likely N-dealkylation sites (tertiary alicyclic amines) is 1. The van der Waals surface area contributed by atoms with E-state index in [1.807, 2.05) is 50.4 Å². The van der Waals surface area contributed by atoms with Crippen LogP contribution in [0.4, 0.5) is 0 Å². The topological polar surface area (TPSA) is 91.0 Å². The summed E-state index contributed by atoms with van der Waals surface area (Å²) in [5.41, 5.74) is 3.17. The largest absolute Gasteiger partial charge is 0.345 e. The Kier molecular flexibility index (Phi) is 5.10. The van der Waals surface area contributed by atoms with E-state index in [0.29, 0.717) is 18.1 Å². The number of hydrogen-bond donors (Lipinski definition) is 1. The zero-order chi connectivity index (χ0) is 26.4. The van der Waals surface area contributed by atoms with Crippen molar-refractivity contribution >= 4 is 55.9 Å². The Balaban J connectivity index is 1.29. The van der Waals surface area contributed by atoms with E-state index in [1.54, 1.807) is 17.5 Å². The number of fused-ring (bicyclic) bond motifs is 3. The molecule has 2 aliphatic heterocycles. The van der Waals surface area contributed by atoms with Crippen LogP contribution in [-0.2, 0) is 22.7 Å². The number of piperidine rings is 1. The van der Waals surface area contributed by atoms with Crippen molar-refractivity contribution in [2.24, 2.45) is 22.7 Å². The van der Waals surface area contributed by atoms with Crippen LogP contribution in [0.1, 0.15) is 25.1 Å². The number of amides is 2. The SMILES string of the molecule is CC1(C)C2C(=O)N(Cc3cc4nccc(-c5cc(Cl)cc6ccn(CC7(C#N)CCNC7)c56)c4s3)C(=O)C21. The fourth-order valence-corrected chi connectivity index (χ4v) is 7.94. The molecule has 4 aromatic rings. The number of carbonyl (C=O) groups excluding carboxylic acids is 2. The van der Waals surface area contributed by atoms with E-state index in [9.17, 15) is 14.9 Å². The maximum Gasteiger partial charge on any atom is 0.234 e. The van der Waals surface area contributed by atoms with Gasteiger partial charge in [-0.15, -0.1) is 11.3 Å². The lowest BCUT2D eigenvalue weighted by molar-refractivity contribution is -0.143.